The van der Waals surface area contributed by atoms with Gasteiger partial charge in [-0.25, -0.2) is 8.78 Å². The SMILES string of the molecule is CCn1cnnc1C1CCN(C(=O)CCc2cccc(F)c2F)CC1. The number of nitrogens with zero attached hydrogens (tertiary/aromatic N) is 4. The van der Waals surface area contributed by atoms with Gasteiger partial charge in [0.05, 0.1) is 0 Å². The van der Waals surface area contributed by atoms with E-state index < -0.39 is 11.6 Å². The maximum absolute atomic E-state index is 13.7. The smallest absolute Gasteiger partial charge is 0.222 e. The van der Waals surface area contributed by atoms with E-state index in [1.54, 1.807) is 11.2 Å². The molecule has 0 bridgehead atoms. The Hall–Kier alpha value is -2.31. The maximum atomic E-state index is 13.7. The highest BCUT2D eigenvalue weighted by Crippen LogP contribution is 2.27. The molecule has 0 spiro atoms. The van der Waals surface area contributed by atoms with Crippen molar-refractivity contribution < 1.29 is 13.6 Å². The molecule has 1 aromatic carbocycles. The number of carbonyl (C=O) groups is 1. The molecule has 1 fully saturated rings. The van der Waals surface area contributed by atoms with E-state index in [0.29, 0.717) is 19.0 Å². The van der Waals surface area contributed by atoms with Crippen LogP contribution in [-0.4, -0.2) is 38.7 Å². The van der Waals surface area contributed by atoms with E-state index in [1.807, 2.05) is 4.57 Å². The number of benzene rings is 1. The van der Waals surface area contributed by atoms with Crippen molar-refractivity contribution in [1.29, 1.82) is 0 Å². The van der Waals surface area contributed by atoms with Gasteiger partial charge in [0.1, 0.15) is 12.2 Å². The predicted octanol–water partition coefficient (Wildman–Crippen LogP) is 2.92. The van der Waals surface area contributed by atoms with Crippen molar-refractivity contribution in [3.8, 4) is 0 Å². The largest absolute Gasteiger partial charge is 0.343 e. The lowest BCUT2D eigenvalue weighted by Crippen LogP contribution is -2.38. The summed E-state index contributed by atoms with van der Waals surface area (Å²) >= 11 is 0. The molecule has 1 aliphatic rings. The molecule has 1 aromatic heterocycles. The Morgan fingerprint density at radius 1 is 1.28 bits per heavy atom. The average Bonchev–Trinajstić information content (AvgIpc) is 3.11. The summed E-state index contributed by atoms with van der Waals surface area (Å²) in [6.45, 7) is 4.20. The first kappa shape index (κ1) is 17.5. The molecule has 2 heterocycles. The average molecular weight is 348 g/mol. The molecule has 0 aliphatic carbocycles. The van der Waals surface area contributed by atoms with E-state index in [9.17, 15) is 13.6 Å². The second-order valence-electron chi connectivity index (χ2n) is 6.34. The standard InChI is InChI=1S/C18H22F2N4O/c1-2-23-12-21-22-18(23)14-8-10-24(11-9-14)16(25)7-6-13-4-3-5-15(19)17(13)20/h3-5,12,14H,2,6-11H2,1H3. The third kappa shape index (κ3) is 3.86. The van der Waals surface area contributed by atoms with Gasteiger partial charge in [-0.15, -0.1) is 10.2 Å². The number of rotatable bonds is 5. The van der Waals surface area contributed by atoms with Gasteiger partial charge in [0.2, 0.25) is 5.91 Å². The highest BCUT2D eigenvalue weighted by Gasteiger charge is 2.26. The summed E-state index contributed by atoms with van der Waals surface area (Å²) in [6, 6.07) is 4.07. The zero-order chi connectivity index (χ0) is 17.8. The molecule has 1 saturated heterocycles. The molecule has 0 saturated carbocycles. The maximum Gasteiger partial charge on any atom is 0.222 e. The molecule has 7 heteroatoms. The van der Waals surface area contributed by atoms with Crippen LogP contribution in [0.25, 0.3) is 0 Å². The third-order valence-electron chi connectivity index (χ3n) is 4.84. The van der Waals surface area contributed by atoms with E-state index in [4.69, 9.17) is 0 Å². The number of hydrogen-bond donors (Lipinski definition) is 0. The fraction of sp³-hybridized carbons (Fsp3) is 0.500. The van der Waals surface area contributed by atoms with Crippen LogP contribution in [0.1, 0.15) is 43.5 Å². The number of aryl methyl sites for hydroxylation is 2. The summed E-state index contributed by atoms with van der Waals surface area (Å²) in [5, 5.41) is 8.17. The molecule has 25 heavy (non-hydrogen) atoms. The van der Waals surface area contributed by atoms with E-state index >= 15 is 0 Å². The number of hydrogen-bond acceptors (Lipinski definition) is 3. The summed E-state index contributed by atoms with van der Waals surface area (Å²) in [4.78, 5) is 14.2. The van der Waals surface area contributed by atoms with E-state index in [-0.39, 0.29) is 24.3 Å². The Labute approximate surface area is 145 Å². The minimum absolute atomic E-state index is 0.0148. The molecule has 134 valence electrons. The van der Waals surface area contributed by atoms with Crippen LogP contribution in [0.4, 0.5) is 8.78 Å². The number of carbonyl (C=O) groups excluding carboxylic acids is 1. The molecule has 3 rings (SSSR count). The number of likely N-dealkylation sites (tertiary alicyclic amines) is 1. The summed E-state index contributed by atoms with van der Waals surface area (Å²) < 4.78 is 28.9. The second-order valence-corrected chi connectivity index (χ2v) is 6.34. The molecule has 1 amide bonds. The molecule has 1 aliphatic heterocycles. The van der Waals surface area contributed by atoms with Crippen LogP contribution in [0.5, 0.6) is 0 Å². The van der Waals surface area contributed by atoms with Crippen LogP contribution in [0.15, 0.2) is 24.5 Å². The lowest BCUT2D eigenvalue weighted by molar-refractivity contribution is -0.132. The van der Waals surface area contributed by atoms with Gasteiger partial charge in [0.15, 0.2) is 11.6 Å². The lowest BCUT2D eigenvalue weighted by atomic mass is 9.95. The van der Waals surface area contributed by atoms with Crippen molar-refractivity contribution in [3.63, 3.8) is 0 Å². The number of halogens is 2. The minimum atomic E-state index is -0.870. The number of aromatic nitrogens is 3. The second kappa shape index (κ2) is 7.72. The third-order valence-corrected chi connectivity index (χ3v) is 4.84. The Balaban J connectivity index is 1.52. The quantitative estimate of drug-likeness (QED) is 0.835. The predicted molar refractivity (Wildman–Crippen MR) is 88.9 cm³/mol. The Kier molecular flexibility index (Phi) is 5.40. The molecule has 0 atom stereocenters. The summed E-state index contributed by atoms with van der Waals surface area (Å²) in [5.41, 5.74) is 0.249. The van der Waals surface area contributed by atoms with Gasteiger partial charge in [0.25, 0.3) is 0 Å². The Morgan fingerprint density at radius 3 is 2.76 bits per heavy atom. The van der Waals surface area contributed by atoms with Crippen molar-refractivity contribution in [2.24, 2.45) is 0 Å². The van der Waals surface area contributed by atoms with Gasteiger partial charge in [-0.1, -0.05) is 12.1 Å². The molecular weight excluding hydrogens is 326 g/mol. The van der Waals surface area contributed by atoms with Crippen LogP contribution in [0.2, 0.25) is 0 Å². The number of amides is 1. The van der Waals surface area contributed by atoms with E-state index in [0.717, 1.165) is 31.3 Å². The normalized spacial score (nSPS) is 15.6. The molecule has 2 aromatic rings. The first-order valence-corrected chi connectivity index (χ1v) is 8.68. The van der Waals surface area contributed by atoms with Crippen molar-refractivity contribution in [3.05, 3.63) is 47.5 Å². The first-order valence-electron chi connectivity index (χ1n) is 8.68. The molecule has 0 unspecified atom stereocenters. The van der Waals surface area contributed by atoms with Gasteiger partial charge in [-0.2, -0.15) is 0 Å². The van der Waals surface area contributed by atoms with Crippen LogP contribution in [0.3, 0.4) is 0 Å². The Morgan fingerprint density at radius 2 is 2.04 bits per heavy atom. The van der Waals surface area contributed by atoms with E-state index in [1.165, 1.54) is 12.1 Å². The van der Waals surface area contributed by atoms with Crippen molar-refractivity contribution in [2.45, 2.75) is 45.1 Å². The highest BCUT2D eigenvalue weighted by molar-refractivity contribution is 5.76. The number of piperidine rings is 1. The van der Waals surface area contributed by atoms with Gasteiger partial charge in [0, 0.05) is 32.0 Å². The van der Waals surface area contributed by atoms with Crippen LogP contribution >= 0.6 is 0 Å². The summed E-state index contributed by atoms with van der Waals surface area (Å²) in [7, 11) is 0. The minimum Gasteiger partial charge on any atom is -0.343 e. The topological polar surface area (TPSA) is 51.0 Å². The molecular formula is C18H22F2N4O. The van der Waals surface area contributed by atoms with Crippen molar-refractivity contribution in [1.82, 2.24) is 19.7 Å². The van der Waals surface area contributed by atoms with Gasteiger partial charge in [-0.05, 0) is 37.8 Å². The van der Waals surface area contributed by atoms with Gasteiger partial charge in [-0.3, -0.25) is 4.79 Å². The fourth-order valence-corrected chi connectivity index (χ4v) is 3.35. The first-order chi connectivity index (χ1) is 12.1. The lowest BCUT2D eigenvalue weighted by Gasteiger charge is -2.31. The van der Waals surface area contributed by atoms with Gasteiger partial charge < -0.3 is 9.47 Å². The summed E-state index contributed by atoms with van der Waals surface area (Å²) in [6.07, 6.45) is 3.83. The van der Waals surface area contributed by atoms with Crippen LogP contribution < -0.4 is 0 Å². The van der Waals surface area contributed by atoms with Crippen LogP contribution in [0, 0.1) is 11.6 Å². The van der Waals surface area contributed by atoms with Crippen molar-refractivity contribution in [2.75, 3.05) is 13.1 Å². The van der Waals surface area contributed by atoms with Crippen LogP contribution in [-0.2, 0) is 17.8 Å². The van der Waals surface area contributed by atoms with E-state index in [2.05, 4.69) is 17.1 Å². The van der Waals surface area contributed by atoms with Crippen molar-refractivity contribution >= 4 is 5.91 Å². The highest BCUT2D eigenvalue weighted by atomic mass is 19.2. The fourth-order valence-electron chi connectivity index (χ4n) is 3.35. The van der Waals surface area contributed by atoms with Gasteiger partial charge >= 0.3 is 0 Å². The Bertz CT molecular complexity index is 738. The monoisotopic (exact) mass is 348 g/mol. The molecule has 0 N–H and O–H groups in total. The summed E-state index contributed by atoms with van der Waals surface area (Å²) in [5.74, 6) is -0.443. The zero-order valence-corrected chi connectivity index (χ0v) is 14.3. The molecule has 0 radical (unpaired) electrons. The zero-order valence-electron chi connectivity index (χ0n) is 14.3. The molecule has 5 nitrogen and oxygen atoms in total.